The number of alkyl halides is 1. The van der Waals surface area contributed by atoms with Gasteiger partial charge >= 0.3 is 0 Å². The summed E-state index contributed by atoms with van der Waals surface area (Å²) in [5.41, 5.74) is 0. The highest BCUT2D eigenvalue weighted by Crippen LogP contribution is 2.46. The number of halogens is 1. The van der Waals surface area contributed by atoms with Gasteiger partial charge in [0.25, 0.3) is 0 Å². The van der Waals surface area contributed by atoms with Crippen molar-refractivity contribution in [2.24, 2.45) is 35.5 Å². The first-order valence-corrected chi connectivity index (χ1v) is 12.5. The van der Waals surface area contributed by atoms with E-state index in [-0.39, 0.29) is 6.67 Å². The first-order chi connectivity index (χ1) is 13.3. The van der Waals surface area contributed by atoms with Crippen molar-refractivity contribution < 1.29 is 4.39 Å². The fourth-order valence-corrected chi connectivity index (χ4v) is 6.62. The number of unbranched alkanes of at least 4 members (excludes halogenated alkanes) is 1. The van der Waals surface area contributed by atoms with Crippen LogP contribution in [0.25, 0.3) is 0 Å². The zero-order valence-corrected chi connectivity index (χ0v) is 18.0. The van der Waals surface area contributed by atoms with E-state index in [1.54, 1.807) is 25.7 Å². The molecule has 3 saturated carbocycles. The van der Waals surface area contributed by atoms with Crippen LogP contribution < -0.4 is 0 Å². The second-order valence-electron chi connectivity index (χ2n) is 10.4. The minimum atomic E-state index is -0.206. The summed E-state index contributed by atoms with van der Waals surface area (Å²) in [6.07, 6.45) is 26.9. The molecule has 0 radical (unpaired) electrons. The maximum absolute atomic E-state index is 12.1. The van der Waals surface area contributed by atoms with Crippen molar-refractivity contribution in [3.8, 4) is 0 Å². The molecular weight excluding hydrogens is 331 g/mol. The van der Waals surface area contributed by atoms with E-state index in [1.165, 1.54) is 64.2 Å². The summed E-state index contributed by atoms with van der Waals surface area (Å²) < 4.78 is 12.1. The van der Waals surface area contributed by atoms with E-state index in [4.69, 9.17) is 0 Å². The fourth-order valence-electron chi connectivity index (χ4n) is 6.62. The van der Waals surface area contributed by atoms with E-state index in [0.717, 1.165) is 41.9 Å². The molecule has 0 heterocycles. The highest BCUT2D eigenvalue weighted by Gasteiger charge is 2.34. The predicted molar refractivity (Wildman–Crippen MR) is 116 cm³/mol. The summed E-state index contributed by atoms with van der Waals surface area (Å²) in [4.78, 5) is 0. The molecule has 0 N–H and O–H groups in total. The minimum absolute atomic E-state index is 0.206. The van der Waals surface area contributed by atoms with E-state index in [0.29, 0.717) is 6.42 Å². The third-order valence-electron chi connectivity index (χ3n) is 8.53. The Hall–Kier alpha value is -0.330. The van der Waals surface area contributed by atoms with Crippen molar-refractivity contribution >= 4 is 0 Å². The highest BCUT2D eigenvalue weighted by molar-refractivity contribution is 4.86. The van der Waals surface area contributed by atoms with Gasteiger partial charge in [-0.2, -0.15) is 0 Å². The Balaban J connectivity index is 1.28. The molecular formula is C26H45F. The number of allylic oxidation sites excluding steroid dienone is 2. The average Bonchev–Trinajstić information content (AvgIpc) is 2.72. The highest BCUT2D eigenvalue weighted by atomic mass is 19.1. The Kier molecular flexibility index (Phi) is 9.20. The Morgan fingerprint density at radius 3 is 1.59 bits per heavy atom. The lowest BCUT2D eigenvalue weighted by atomic mass is 9.65. The zero-order valence-electron chi connectivity index (χ0n) is 18.0. The third-order valence-corrected chi connectivity index (χ3v) is 8.53. The molecule has 0 aromatic carbocycles. The first kappa shape index (κ1) is 21.4. The van der Waals surface area contributed by atoms with Gasteiger partial charge in [0.1, 0.15) is 0 Å². The van der Waals surface area contributed by atoms with Gasteiger partial charge in [0, 0.05) is 0 Å². The summed E-state index contributed by atoms with van der Waals surface area (Å²) >= 11 is 0. The summed E-state index contributed by atoms with van der Waals surface area (Å²) in [6, 6.07) is 0. The van der Waals surface area contributed by atoms with Crippen molar-refractivity contribution in [2.75, 3.05) is 6.67 Å². The van der Waals surface area contributed by atoms with E-state index >= 15 is 0 Å². The zero-order chi connectivity index (χ0) is 18.9. The Morgan fingerprint density at radius 1 is 0.630 bits per heavy atom. The molecule has 0 bridgehead atoms. The number of rotatable bonds is 8. The first-order valence-electron chi connectivity index (χ1n) is 12.5. The molecule has 0 atom stereocenters. The fraction of sp³-hybridized carbons (Fsp3) is 0.923. The average molecular weight is 377 g/mol. The van der Waals surface area contributed by atoms with Crippen LogP contribution in [0.15, 0.2) is 12.2 Å². The van der Waals surface area contributed by atoms with Gasteiger partial charge in [-0.05, 0) is 106 Å². The van der Waals surface area contributed by atoms with Crippen molar-refractivity contribution in [1.82, 2.24) is 0 Å². The largest absolute Gasteiger partial charge is 0.251 e. The van der Waals surface area contributed by atoms with Crippen LogP contribution in [0.5, 0.6) is 0 Å². The molecule has 1 heteroatoms. The second-order valence-corrected chi connectivity index (χ2v) is 10.4. The van der Waals surface area contributed by atoms with Gasteiger partial charge in [0.15, 0.2) is 0 Å². The lowest BCUT2D eigenvalue weighted by Gasteiger charge is -2.41. The Morgan fingerprint density at radius 2 is 1.07 bits per heavy atom. The topological polar surface area (TPSA) is 0 Å². The Bertz CT molecular complexity index is 404. The standard InChI is InChI=1S/C26H45F/c1-21-8-12-23(13-9-21)25-16-18-26(19-17-25)24-14-10-22(11-15-24)7-5-3-2-4-6-20-27/h2,4,21-26H,3,5-20H2,1H3/t21-,22-,23-,24-,25-,26-. The van der Waals surface area contributed by atoms with Crippen molar-refractivity contribution in [3.63, 3.8) is 0 Å². The molecule has 3 fully saturated rings. The van der Waals surface area contributed by atoms with Crippen LogP contribution in [0, 0.1) is 35.5 Å². The van der Waals surface area contributed by atoms with Crippen molar-refractivity contribution in [3.05, 3.63) is 12.2 Å². The maximum atomic E-state index is 12.1. The van der Waals surface area contributed by atoms with E-state index in [9.17, 15) is 4.39 Å². The van der Waals surface area contributed by atoms with Crippen LogP contribution >= 0.6 is 0 Å². The lowest BCUT2D eigenvalue weighted by Crippen LogP contribution is -2.29. The smallest absolute Gasteiger partial charge is 0.0928 e. The molecule has 3 aliphatic carbocycles. The van der Waals surface area contributed by atoms with Gasteiger partial charge in [-0.3, -0.25) is 4.39 Å². The van der Waals surface area contributed by atoms with Crippen LogP contribution in [0.2, 0.25) is 0 Å². The maximum Gasteiger partial charge on any atom is 0.0928 e. The molecule has 0 aromatic rings. The lowest BCUT2D eigenvalue weighted by molar-refractivity contribution is 0.105. The molecule has 0 aromatic heterocycles. The van der Waals surface area contributed by atoms with Gasteiger partial charge in [0.05, 0.1) is 6.67 Å². The molecule has 3 rings (SSSR count). The molecule has 0 aliphatic heterocycles. The number of hydrogen-bond acceptors (Lipinski definition) is 0. The monoisotopic (exact) mass is 376 g/mol. The molecule has 0 saturated heterocycles. The second kappa shape index (κ2) is 11.6. The van der Waals surface area contributed by atoms with Crippen LogP contribution in [0.4, 0.5) is 4.39 Å². The SMILES string of the molecule is C[C@H]1CC[C@H]([C@H]2CC[C@H]([C@H]3CC[C@H](CCCC=CCCF)CC3)CC2)CC1. The van der Waals surface area contributed by atoms with Crippen molar-refractivity contribution in [1.29, 1.82) is 0 Å². The Labute approximate surface area is 168 Å². The minimum Gasteiger partial charge on any atom is -0.251 e. The molecule has 0 amide bonds. The summed E-state index contributed by atoms with van der Waals surface area (Å²) in [5, 5.41) is 0. The number of hydrogen-bond donors (Lipinski definition) is 0. The van der Waals surface area contributed by atoms with Gasteiger partial charge < -0.3 is 0 Å². The van der Waals surface area contributed by atoms with Crippen molar-refractivity contribution in [2.45, 2.75) is 110 Å². The van der Waals surface area contributed by atoms with E-state index in [1.807, 2.05) is 6.08 Å². The quantitative estimate of drug-likeness (QED) is 0.294. The summed E-state index contributed by atoms with van der Waals surface area (Å²) in [5.74, 6) is 6.26. The van der Waals surface area contributed by atoms with Gasteiger partial charge in [-0.15, -0.1) is 0 Å². The molecule has 0 unspecified atom stereocenters. The van der Waals surface area contributed by atoms with Crippen LogP contribution in [0.3, 0.4) is 0 Å². The predicted octanol–water partition coefficient (Wildman–Crippen LogP) is 8.51. The van der Waals surface area contributed by atoms with Crippen LogP contribution in [0.1, 0.15) is 110 Å². The van der Waals surface area contributed by atoms with Gasteiger partial charge in [-0.25, -0.2) is 0 Å². The molecule has 3 aliphatic rings. The molecule has 0 spiro atoms. The van der Waals surface area contributed by atoms with Gasteiger partial charge in [-0.1, -0.05) is 51.2 Å². The normalized spacial score (nSPS) is 38.3. The summed E-state index contributed by atoms with van der Waals surface area (Å²) in [6.45, 7) is 2.25. The van der Waals surface area contributed by atoms with Crippen LogP contribution in [-0.2, 0) is 0 Å². The molecule has 156 valence electrons. The van der Waals surface area contributed by atoms with Gasteiger partial charge in [0.2, 0.25) is 0 Å². The van der Waals surface area contributed by atoms with Crippen LogP contribution in [-0.4, -0.2) is 6.67 Å². The van der Waals surface area contributed by atoms with E-state index < -0.39 is 0 Å². The molecule has 27 heavy (non-hydrogen) atoms. The summed E-state index contributed by atoms with van der Waals surface area (Å²) in [7, 11) is 0. The third kappa shape index (κ3) is 6.90. The molecule has 0 nitrogen and oxygen atoms in total. The van der Waals surface area contributed by atoms with E-state index in [2.05, 4.69) is 13.0 Å².